The van der Waals surface area contributed by atoms with Gasteiger partial charge >= 0.3 is 0 Å². The molecule has 0 saturated heterocycles. The van der Waals surface area contributed by atoms with E-state index in [1.165, 1.54) is 0 Å². The molecule has 0 aliphatic rings. The van der Waals surface area contributed by atoms with Crippen molar-refractivity contribution in [1.29, 1.82) is 0 Å². The van der Waals surface area contributed by atoms with Crippen molar-refractivity contribution in [2.24, 2.45) is 0 Å². The smallest absolute Gasteiger partial charge is 0.251 e. The number of nitrogens with one attached hydrogen (secondary N) is 3. The van der Waals surface area contributed by atoms with Crippen LogP contribution in [0.1, 0.15) is 23.7 Å². The maximum Gasteiger partial charge on any atom is 0.251 e. The van der Waals surface area contributed by atoms with Crippen LogP contribution in [0, 0.1) is 0 Å². The minimum absolute atomic E-state index is 0. The quantitative estimate of drug-likeness (QED) is 0.561. The molecule has 144 valence electrons. The molecular formula is C17H25Cl2N5O2. The number of hydrogen-bond acceptors (Lipinski definition) is 4. The van der Waals surface area contributed by atoms with Crippen molar-refractivity contribution >= 4 is 42.3 Å². The van der Waals surface area contributed by atoms with Gasteiger partial charge in [0, 0.05) is 49.7 Å². The number of aryl methyl sites for hydroxylation is 1. The van der Waals surface area contributed by atoms with Gasteiger partial charge in [-0.05, 0) is 24.7 Å². The summed E-state index contributed by atoms with van der Waals surface area (Å²) in [6.45, 7) is 4.74. The lowest BCUT2D eigenvalue weighted by atomic mass is 10.2. The Bertz CT molecular complexity index is 665. The van der Waals surface area contributed by atoms with E-state index in [-0.39, 0.29) is 36.6 Å². The lowest BCUT2D eigenvalue weighted by Crippen LogP contribution is -2.31. The Labute approximate surface area is 165 Å². The van der Waals surface area contributed by atoms with Crippen LogP contribution in [-0.2, 0) is 11.3 Å². The Kier molecular flexibility index (Phi) is 12.1. The Balaban J connectivity index is 0.00000312. The van der Waals surface area contributed by atoms with Gasteiger partial charge in [0.2, 0.25) is 5.91 Å². The summed E-state index contributed by atoms with van der Waals surface area (Å²) in [4.78, 5) is 28.0. The Morgan fingerprint density at radius 1 is 1.19 bits per heavy atom. The molecule has 0 aliphatic heterocycles. The average molecular weight is 402 g/mol. The van der Waals surface area contributed by atoms with Crippen LogP contribution in [-0.4, -0.2) is 41.0 Å². The number of carbonyl (C=O) groups excluding carboxylic acids is 2. The monoisotopic (exact) mass is 401 g/mol. The molecule has 1 aromatic heterocycles. The molecule has 0 atom stereocenters. The molecule has 1 aromatic carbocycles. The van der Waals surface area contributed by atoms with Crippen molar-refractivity contribution in [3.05, 3.63) is 48.5 Å². The summed E-state index contributed by atoms with van der Waals surface area (Å²) < 4.78 is 1.84. The molecule has 0 saturated carbocycles. The lowest BCUT2D eigenvalue weighted by Gasteiger charge is -2.09. The molecule has 0 fully saturated rings. The second-order valence-electron chi connectivity index (χ2n) is 5.29. The maximum atomic E-state index is 12.1. The lowest BCUT2D eigenvalue weighted by molar-refractivity contribution is -0.116. The molecule has 0 bridgehead atoms. The molecule has 0 radical (unpaired) electrons. The molecule has 0 aliphatic carbocycles. The molecule has 0 spiro atoms. The molecule has 2 amide bonds. The number of benzene rings is 1. The predicted octanol–water partition coefficient (Wildman–Crippen LogP) is 2.09. The van der Waals surface area contributed by atoms with Crippen LogP contribution in [0.5, 0.6) is 0 Å². The van der Waals surface area contributed by atoms with E-state index in [1.807, 2.05) is 17.7 Å². The first-order valence-corrected chi connectivity index (χ1v) is 8.03. The van der Waals surface area contributed by atoms with E-state index in [0.29, 0.717) is 30.8 Å². The number of amides is 2. The maximum absolute atomic E-state index is 12.1. The number of halogens is 2. The van der Waals surface area contributed by atoms with Crippen LogP contribution in [0.15, 0.2) is 43.0 Å². The Morgan fingerprint density at radius 3 is 2.69 bits per heavy atom. The second-order valence-corrected chi connectivity index (χ2v) is 5.29. The van der Waals surface area contributed by atoms with Gasteiger partial charge in [0.15, 0.2) is 0 Å². The van der Waals surface area contributed by atoms with Crippen LogP contribution >= 0.6 is 24.8 Å². The number of likely N-dealkylation sites (N-methyl/N-ethyl adjacent to an activating group) is 1. The largest absolute Gasteiger partial charge is 0.351 e. The number of aromatic nitrogens is 2. The average Bonchev–Trinajstić information content (AvgIpc) is 3.10. The van der Waals surface area contributed by atoms with Crippen molar-refractivity contribution in [3.8, 4) is 0 Å². The van der Waals surface area contributed by atoms with Gasteiger partial charge in [0.05, 0.1) is 6.33 Å². The van der Waals surface area contributed by atoms with Gasteiger partial charge in [-0.1, -0.05) is 13.0 Å². The topological polar surface area (TPSA) is 88.0 Å². The van der Waals surface area contributed by atoms with E-state index < -0.39 is 0 Å². The third-order valence-corrected chi connectivity index (χ3v) is 3.40. The minimum Gasteiger partial charge on any atom is -0.351 e. The standard InChI is InChI=1S/C17H23N5O2.2ClH/c1-2-18-7-8-20-17(24)14-4-3-5-15(12-14)21-16(23)6-10-22-11-9-19-13-22;;/h3-5,9,11-13,18H,2,6-8,10H2,1H3,(H,20,24)(H,21,23);2*1H. The Morgan fingerprint density at radius 2 is 2.00 bits per heavy atom. The number of imidazole rings is 1. The van der Waals surface area contributed by atoms with Crippen molar-refractivity contribution in [1.82, 2.24) is 20.2 Å². The third kappa shape index (κ3) is 8.33. The SMILES string of the molecule is CCNCCNC(=O)c1cccc(NC(=O)CCn2ccnc2)c1.Cl.Cl. The molecule has 7 nitrogen and oxygen atoms in total. The van der Waals surface area contributed by atoms with E-state index >= 15 is 0 Å². The highest BCUT2D eigenvalue weighted by Gasteiger charge is 2.07. The van der Waals surface area contributed by atoms with Gasteiger partial charge in [0.25, 0.3) is 5.91 Å². The molecule has 26 heavy (non-hydrogen) atoms. The zero-order valence-corrected chi connectivity index (χ0v) is 16.2. The zero-order chi connectivity index (χ0) is 17.2. The first-order valence-electron chi connectivity index (χ1n) is 8.03. The minimum atomic E-state index is -0.151. The fraction of sp³-hybridized carbons (Fsp3) is 0.353. The van der Waals surface area contributed by atoms with Crippen molar-refractivity contribution in [2.45, 2.75) is 19.9 Å². The summed E-state index contributed by atoms with van der Waals surface area (Å²) >= 11 is 0. The van der Waals surface area contributed by atoms with Crippen LogP contribution in [0.2, 0.25) is 0 Å². The van der Waals surface area contributed by atoms with Gasteiger partial charge in [0.1, 0.15) is 0 Å². The van der Waals surface area contributed by atoms with Crippen molar-refractivity contribution in [2.75, 3.05) is 25.0 Å². The number of nitrogens with zero attached hydrogens (tertiary/aromatic N) is 2. The van der Waals surface area contributed by atoms with Crippen LogP contribution < -0.4 is 16.0 Å². The van der Waals surface area contributed by atoms with Crippen molar-refractivity contribution in [3.63, 3.8) is 0 Å². The fourth-order valence-electron chi connectivity index (χ4n) is 2.15. The highest BCUT2D eigenvalue weighted by Crippen LogP contribution is 2.11. The van der Waals surface area contributed by atoms with Crippen LogP contribution in [0.3, 0.4) is 0 Å². The molecule has 3 N–H and O–H groups in total. The molecule has 9 heteroatoms. The molecule has 1 heterocycles. The van der Waals surface area contributed by atoms with Gasteiger partial charge < -0.3 is 20.5 Å². The highest BCUT2D eigenvalue weighted by molar-refractivity contribution is 5.97. The van der Waals surface area contributed by atoms with Crippen LogP contribution in [0.25, 0.3) is 0 Å². The van der Waals surface area contributed by atoms with E-state index in [9.17, 15) is 9.59 Å². The first kappa shape index (κ1) is 23.9. The van der Waals surface area contributed by atoms with E-state index in [4.69, 9.17) is 0 Å². The number of carbonyl (C=O) groups is 2. The first-order chi connectivity index (χ1) is 11.7. The van der Waals surface area contributed by atoms with E-state index in [1.54, 1.807) is 36.8 Å². The summed E-state index contributed by atoms with van der Waals surface area (Å²) in [5.41, 5.74) is 1.14. The summed E-state index contributed by atoms with van der Waals surface area (Å²) in [6.07, 6.45) is 5.50. The Hall–Kier alpha value is -2.09. The van der Waals surface area contributed by atoms with Gasteiger partial charge in [-0.3, -0.25) is 9.59 Å². The normalized spacial score (nSPS) is 9.58. The summed E-state index contributed by atoms with van der Waals surface area (Å²) in [5, 5.41) is 8.78. The summed E-state index contributed by atoms with van der Waals surface area (Å²) in [6, 6.07) is 6.93. The summed E-state index contributed by atoms with van der Waals surface area (Å²) in [5.74, 6) is -0.254. The number of anilines is 1. The number of hydrogen-bond donors (Lipinski definition) is 3. The van der Waals surface area contributed by atoms with Crippen LogP contribution in [0.4, 0.5) is 5.69 Å². The molecular weight excluding hydrogens is 377 g/mol. The molecule has 2 rings (SSSR count). The van der Waals surface area contributed by atoms with Crippen molar-refractivity contribution < 1.29 is 9.59 Å². The number of rotatable bonds is 9. The van der Waals surface area contributed by atoms with Gasteiger partial charge in [-0.15, -0.1) is 24.8 Å². The second kappa shape index (κ2) is 13.2. The fourth-order valence-corrected chi connectivity index (χ4v) is 2.15. The summed E-state index contributed by atoms with van der Waals surface area (Å²) in [7, 11) is 0. The zero-order valence-electron chi connectivity index (χ0n) is 14.6. The molecule has 0 unspecified atom stereocenters. The van der Waals surface area contributed by atoms with Gasteiger partial charge in [-0.25, -0.2) is 4.98 Å². The predicted molar refractivity (Wildman–Crippen MR) is 107 cm³/mol. The molecule has 2 aromatic rings. The van der Waals surface area contributed by atoms with E-state index in [2.05, 4.69) is 20.9 Å². The van der Waals surface area contributed by atoms with E-state index in [0.717, 1.165) is 13.1 Å². The highest BCUT2D eigenvalue weighted by atomic mass is 35.5. The third-order valence-electron chi connectivity index (χ3n) is 3.40. The van der Waals surface area contributed by atoms with Gasteiger partial charge in [-0.2, -0.15) is 0 Å².